The van der Waals surface area contributed by atoms with E-state index in [-0.39, 0.29) is 11.6 Å². The molecular weight excluding hydrogens is 356 g/mol. The van der Waals surface area contributed by atoms with Crippen molar-refractivity contribution >= 4 is 23.4 Å². The van der Waals surface area contributed by atoms with Gasteiger partial charge in [-0.05, 0) is 24.1 Å². The van der Waals surface area contributed by atoms with Gasteiger partial charge in [0.1, 0.15) is 17.8 Å². The van der Waals surface area contributed by atoms with Gasteiger partial charge in [-0.2, -0.15) is 0 Å². The van der Waals surface area contributed by atoms with E-state index in [2.05, 4.69) is 20.6 Å². The van der Waals surface area contributed by atoms with Crippen LogP contribution in [0.3, 0.4) is 0 Å². The average Bonchev–Trinajstić information content (AvgIpc) is 2.74. The zero-order valence-corrected chi connectivity index (χ0v) is 15.4. The Labute approximate surface area is 162 Å². The maximum absolute atomic E-state index is 12.4. The van der Waals surface area contributed by atoms with Gasteiger partial charge in [0.2, 0.25) is 0 Å². The third-order valence-corrected chi connectivity index (χ3v) is 4.04. The van der Waals surface area contributed by atoms with E-state index >= 15 is 0 Å². The van der Waals surface area contributed by atoms with Crippen LogP contribution in [0.5, 0.6) is 0 Å². The molecule has 0 aliphatic rings. The Morgan fingerprint density at radius 1 is 1.00 bits per heavy atom. The standard InChI is InChI=1S/C21H20N4O3/c1-28-21(27)16-9-5-6-10-17(16)25-19-13-18(23-14-24-19)20(26)22-12-11-15-7-3-2-4-8-15/h2-10,13-14H,11-12H2,1H3,(H,22,26)(H,23,24,25). The largest absolute Gasteiger partial charge is 0.465 e. The highest BCUT2D eigenvalue weighted by Gasteiger charge is 2.13. The van der Waals surface area contributed by atoms with Crippen LogP contribution in [0.2, 0.25) is 0 Å². The highest BCUT2D eigenvalue weighted by Crippen LogP contribution is 2.20. The highest BCUT2D eigenvalue weighted by molar-refractivity contribution is 5.97. The molecule has 0 aliphatic carbocycles. The highest BCUT2D eigenvalue weighted by atomic mass is 16.5. The van der Waals surface area contributed by atoms with Gasteiger partial charge in [0, 0.05) is 12.6 Å². The molecular formula is C21H20N4O3. The molecule has 0 unspecified atom stereocenters. The number of amides is 1. The number of aromatic nitrogens is 2. The lowest BCUT2D eigenvalue weighted by molar-refractivity contribution is 0.0601. The molecule has 142 valence electrons. The zero-order chi connectivity index (χ0) is 19.8. The third-order valence-electron chi connectivity index (χ3n) is 4.04. The van der Waals surface area contributed by atoms with Crippen LogP contribution in [0.15, 0.2) is 67.0 Å². The van der Waals surface area contributed by atoms with Crippen molar-refractivity contribution in [1.82, 2.24) is 15.3 Å². The number of ether oxygens (including phenoxy) is 1. The van der Waals surface area contributed by atoms with Crippen LogP contribution in [0.25, 0.3) is 0 Å². The second-order valence-corrected chi connectivity index (χ2v) is 5.94. The van der Waals surface area contributed by atoms with Crippen molar-refractivity contribution in [3.05, 3.63) is 83.8 Å². The summed E-state index contributed by atoms with van der Waals surface area (Å²) in [5.41, 5.74) is 2.29. The van der Waals surface area contributed by atoms with Crippen LogP contribution in [0.1, 0.15) is 26.4 Å². The molecule has 0 aliphatic heterocycles. The molecule has 3 aromatic rings. The summed E-state index contributed by atoms with van der Waals surface area (Å²) in [5, 5.41) is 5.88. The number of hydrogen-bond acceptors (Lipinski definition) is 6. The van der Waals surface area contributed by atoms with Gasteiger partial charge in [-0.1, -0.05) is 42.5 Å². The van der Waals surface area contributed by atoms with Gasteiger partial charge in [-0.25, -0.2) is 14.8 Å². The molecule has 1 amide bonds. The van der Waals surface area contributed by atoms with Crippen molar-refractivity contribution in [2.24, 2.45) is 0 Å². The van der Waals surface area contributed by atoms with Gasteiger partial charge < -0.3 is 15.4 Å². The first kappa shape index (κ1) is 19.0. The van der Waals surface area contributed by atoms with Gasteiger partial charge in [-0.15, -0.1) is 0 Å². The smallest absolute Gasteiger partial charge is 0.339 e. The van der Waals surface area contributed by atoms with Crippen molar-refractivity contribution in [2.75, 3.05) is 19.0 Å². The molecule has 28 heavy (non-hydrogen) atoms. The van der Waals surface area contributed by atoms with Crippen LogP contribution in [-0.4, -0.2) is 35.5 Å². The SMILES string of the molecule is COC(=O)c1ccccc1Nc1cc(C(=O)NCCc2ccccc2)ncn1. The van der Waals surface area contributed by atoms with Gasteiger partial charge in [0.25, 0.3) is 5.91 Å². The summed E-state index contributed by atoms with van der Waals surface area (Å²) in [4.78, 5) is 32.4. The number of rotatable bonds is 7. The van der Waals surface area contributed by atoms with E-state index in [1.54, 1.807) is 24.3 Å². The summed E-state index contributed by atoms with van der Waals surface area (Å²) in [6.07, 6.45) is 2.03. The quantitative estimate of drug-likeness (QED) is 0.616. The summed E-state index contributed by atoms with van der Waals surface area (Å²) in [6, 6.07) is 18.3. The maximum Gasteiger partial charge on any atom is 0.339 e. The molecule has 0 bridgehead atoms. The summed E-state index contributed by atoms with van der Waals surface area (Å²) >= 11 is 0. The average molecular weight is 376 g/mol. The molecule has 3 rings (SSSR count). The van der Waals surface area contributed by atoms with Gasteiger partial charge in [-0.3, -0.25) is 4.79 Å². The molecule has 0 saturated carbocycles. The number of nitrogens with one attached hydrogen (secondary N) is 2. The van der Waals surface area contributed by atoms with Gasteiger partial charge in [0.05, 0.1) is 18.4 Å². The summed E-state index contributed by atoms with van der Waals surface area (Å²) < 4.78 is 4.78. The van der Waals surface area contributed by atoms with E-state index in [1.807, 2.05) is 30.3 Å². The minimum Gasteiger partial charge on any atom is -0.465 e. The lowest BCUT2D eigenvalue weighted by Crippen LogP contribution is -2.26. The van der Waals surface area contributed by atoms with E-state index < -0.39 is 5.97 Å². The van der Waals surface area contributed by atoms with Crippen molar-refractivity contribution in [2.45, 2.75) is 6.42 Å². The number of para-hydroxylation sites is 1. The molecule has 0 fully saturated rings. The molecule has 7 nitrogen and oxygen atoms in total. The van der Waals surface area contributed by atoms with Crippen LogP contribution in [-0.2, 0) is 11.2 Å². The fourth-order valence-electron chi connectivity index (χ4n) is 2.62. The summed E-state index contributed by atoms with van der Waals surface area (Å²) in [5.74, 6) is -0.349. The number of nitrogens with zero attached hydrogens (tertiary/aromatic N) is 2. The van der Waals surface area contributed by atoms with Crippen LogP contribution >= 0.6 is 0 Å². The van der Waals surface area contributed by atoms with Gasteiger partial charge >= 0.3 is 5.97 Å². The monoisotopic (exact) mass is 376 g/mol. The third kappa shape index (κ3) is 4.91. The number of esters is 1. The Morgan fingerprint density at radius 2 is 1.75 bits per heavy atom. The van der Waals surface area contributed by atoms with E-state index in [0.717, 1.165) is 12.0 Å². The number of hydrogen-bond donors (Lipinski definition) is 2. The summed E-state index contributed by atoms with van der Waals surface area (Å²) in [6.45, 7) is 0.501. The first-order valence-corrected chi connectivity index (χ1v) is 8.76. The topological polar surface area (TPSA) is 93.2 Å². The lowest BCUT2D eigenvalue weighted by atomic mass is 10.1. The summed E-state index contributed by atoms with van der Waals surface area (Å²) in [7, 11) is 1.32. The lowest BCUT2D eigenvalue weighted by Gasteiger charge is -2.10. The first-order valence-electron chi connectivity index (χ1n) is 8.76. The molecule has 0 atom stereocenters. The van der Waals surface area contributed by atoms with Crippen molar-refractivity contribution in [3.63, 3.8) is 0 Å². The minimum atomic E-state index is -0.462. The first-order chi connectivity index (χ1) is 13.7. The molecule has 0 radical (unpaired) electrons. The molecule has 1 aromatic heterocycles. The second kappa shape index (κ2) is 9.27. The van der Waals surface area contributed by atoms with E-state index in [1.165, 1.54) is 19.5 Å². The molecule has 1 heterocycles. The normalized spacial score (nSPS) is 10.2. The fraction of sp³-hybridized carbons (Fsp3) is 0.143. The maximum atomic E-state index is 12.4. The predicted octanol–water partition coefficient (Wildman–Crippen LogP) is 2.98. The Balaban J connectivity index is 1.65. The van der Waals surface area contributed by atoms with E-state index in [0.29, 0.717) is 23.6 Å². The molecule has 0 saturated heterocycles. The number of carbonyl (C=O) groups excluding carboxylic acids is 2. The minimum absolute atomic E-state index is 0.237. The second-order valence-electron chi connectivity index (χ2n) is 5.94. The van der Waals surface area contributed by atoms with Gasteiger partial charge in [0.15, 0.2) is 0 Å². The van der Waals surface area contributed by atoms with Crippen LogP contribution in [0.4, 0.5) is 11.5 Å². The van der Waals surface area contributed by atoms with Crippen LogP contribution in [0, 0.1) is 0 Å². The molecule has 2 N–H and O–H groups in total. The van der Waals surface area contributed by atoms with Crippen molar-refractivity contribution in [1.29, 1.82) is 0 Å². The van der Waals surface area contributed by atoms with Crippen molar-refractivity contribution < 1.29 is 14.3 Å². The Hall–Kier alpha value is -3.74. The number of carbonyl (C=O) groups is 2. The van der Waals surface area contributed by atoms with Crippen molar-refractivity contribution in [3.8, 4) is 0 Å². The number of anilines is 2. The Kier molecular flexibility index (Phi) is 6.30. The predicted molar refractivity (Wildman–Crippen MR) is 106 cm³/mol. The van der Waals surface area contributed by atoms with E-state index in [4.69, 9.17) is 4.74 Å². The molecule has 2 aromatic carbocycles. The molecule has 7 heteroatoms. The van der Waals surface area contributed by atoms with Crippen LogP contribution < -0.4 is 10.6 Å². The fourth-order valence-corrected chi connectivity index (χ4v) is 2.62. The number of benzene rings is 2. The zero-order valence-electron chi connectivity index (χ0n) is 15.4. The number of methoxy groups -OCH3 is 1. The van der Waals surface area contributed by atoms with E-state index in [9.17, 15) is 9.59 Å². The molecule has 0 spiro atoms. The Morgan fingerprint density at radius 3 is 2.54 bits per heavy atom. The Bertz CT molecular complexity index is 961.